The lowest BCUT2D eigenvalue weighted by Crippen LogP contribution is -1.91. The Balaban J connectivity index is 0. The van der Waals surface area contributed by atoms with Crippen LogP contribution in [0.15, 0.2) is 19.0 Å². The molecule has 0 N–H and O–H groups in total. The zero-order chi connectivity index (χ0) is 10.3. The first-order valence-electron chi connectivity index (χ1n) is 4.26. The van der Waals surface area contributed by atoms with Crippen LogP contribution < -0.4 is 4.74 Å². The molecule has 3 heteroatoms. The number of ether oxygens (including phenoxy) is 1. The van der Waals surface area contributed by atoms with Crippen molar-refractivity contribution in [1.82, 2.24) is 9.97 Å². The van der Waals surface area contributed by atoms with Crippen molar-refractivity contribution in [1.29, 1.82) is 0 Å². The molecule has 0 atom stereocenters. The van der Waals surface area contributed by atoms with E-state index in [9.17, 15) is 0 Å². The maximum absolute atomic E-state index is 4.91. The van der Waals surface area contributed by atoms with Crippen LogP contribution in [0.25, 0.3) is 5.57 Å². The molecule has 0 aliphatic rings. The topological polar surface area (TPSA) is 35.0 Å². The Labute approximate surface area is 86.9 Å². The van der Waals surface area contributed by atoms with Crippen LogP contribution in [-0.4, -0.2) is 17.1 Å². The number of allylic oxidation sites excluding steroid dienone is 1. The minimum absolute atomic E-state index is 0. The molecule has 0 aliphatic carbocycles. The summed E-state index contributed by atoms with van der Waals surface area (Å²) in [5.74, 6) is 0.568. The van der Waals surface area contributed by atoms with Crippen molar-refractivity contribution in [2.24, 2.45) is 0 Å². The third-order valence-corrected chi connectivity index (χ3v) is 1.29. The summed E-state index contributed by atoms with van der Waals surface area (Å²) in [5, 5.41) is 0. The SMILES string of the molecule is C.C=C(C)c1cc(OC)ncn1.CC. The van der Waals surface area contributed by atoms with E-state index in [1.54, 1.807) is 13.2 Å². The molecule has 14 heavy (non-hydrogen) atoms. The van der Waals surface area contributed by atoms with E-state index >= 15 is 0 Å². The zero-order valence-corrected chi connectivity index (χ0v) is 8.66. The van der Waals surface area contributed by atoms with Gasteiger partial charge >= 0.3 is 0 Å². The fourth-order valence-electron chi connectivity index (χ4n) is 0.684. The Hall–Kier alpha value is -1.38. The van der Waals surface area contributed by atoms with Crippen LogP contribution >= 0.6 is 0 Å². The number of nitrogens with zero attached hydrogens (tertiary/aromatic N) is 2. The van der Waals surface area contributed by atoms with Crippen LogP contribution in [0.4, 0.5) is 0 Å². The van der Waals surface area contributed by atoms with Gasteiger partial charge in [0, 0.05) is 6.07 Å². The highest BCUT2D eigenvalue weighted by Crippen LogP contribution is 2.11. The molecule has 0 fully saturated rings. The van der Waals surface area contributed by atoms with E-state index in [4.69, 9.17) is 4.74 Å². The Morgan fingerprint density at radius 3 is 2.36 bits per heavy atom. The first-order valence-corrected chi connectivity index (χ1v) is 4.26. The van der Waals surface area contributed by atoms with E-state index in [0.29, 0.717) is 5.88 Å². The van der Waals surface area contributed by atoms with Crippen LogP contribution in [0.5, 0.6) is 5.88 Å². The van der Waals surface area contributed by atoms with Crippen molar-refractivity contribution < 1.29 is 4.74 Å². The molecule has 0 bridgehead atoms. The molecular formula is C11H20N2O. The zero-order valence-electron chi connectivity index (χ0n) is 8.66. The second-order valence-corrected chi connectivity index (χ2v) is 2.23. The molecule has 3 nitrogen and oxygen atoms in total. The highest BCUT2D eigenvalue weighted by Gasteiger charge is 1.97. The van der Waals surface area contributed by atoms with E-state index in [0.717, 1.165) is 11.3 Å². The van der Waals surface area contributed by atoms with Gasteiger partial charge in [0.2, 0.25) is 5.88 Å². The van der Waals surface area contributed by atoms with Gasteiger partial charge in [-0.25, -0.2) is 9.97 Å². The van der Waals surface area contributed by atoms with Gasteiger partial charge in [-0.1, -0.05) is 27.9 Å². The molecule has 0 aromatic carbocycles. The normalized spacial score (nSPS) is 7.71. The molecule has 80 valence electrons. The van der Waals surface area contributed by atoms with E-state index in [2.05, 4.69) is 16.5 Å². The Morgan fingerprint density at radius 1 is 1.36 bits per heavy atom. The van der Waals surface area contributed by atoms with Gasteiger partial charge in [0.1, 0.15) is 6.33 Å². The van der Waals surface area contributed by atoms with Crippen molar-refractivity contribution in [3.8, 4) is 5.88 Å². The van der Waals surface area contributed by atoms with Gasteiger partial charge in [0.15, 0.2) is 0 Å². The van der Waals surface area contributed by atoms with Crippen molar-refractivity contribution >= 4 is 5.57 Å². The molecule has 0 amide bonds. The van der Waals surface area contributed by atoms with E-state index in [1.807, 2.05) is 20.8 Å². The standard InChI is InChI=1S/C8H10N2O.C2H6.CH4/c1-6(2)7-4-8(11-3)10-5-9-7;1-2;/h4-5H,1H2,2-3H3;1-2H3;1H4. The van der Waals surface area contributed by atoms with Gasteiger partial charge < -0.3 is 4.74 Å². The van der Waals surface area contributed by atoms with Gasteiger partial charge in [-0.2, -0.15) is 0 Å². The molecule has 0 unspecified atom stereocenters. The van der Waals surface area contributed by atoms with Gasteiger partial charge in [-0.15, -0.1) is 0 Å². The van der Waals surface area contributed by atoms with Crippen molar-refractivity contribution in [2.45, 2.75) is 28.2 Å². The smallest absolute Gasteiger partial charge is 0.216 e. The lowest BCUT2D eigenvalue weighted by Gasteiger charge is -2.00. The average molecular weight is 196 g/mol. The van der Waals surface area contributed by atoms with Gasteiger partial charge in [0.25, 0.3) is 0 Å². The molecule has 0 aliphatic heterocycles. The van der Waals surface area contributed by atoms with E-state index < -0.39 is 0 Å². The minimum atomic E-state index is 0. The summed E-state index contributed by atoms with van der Waals surface area (Å²) in [7, 11) is 1.57. The maximum atomic E-state index is 4.91. The minimum Gasteiger partial charge on any atom is -0.481 e. The molecule has 1 rings (SSSR count). The monoisotopic (exact) mass is 196 g/mol. The number of methoxy groups -OCH3 is 1. The Bertz CT molecular complexity index is 272. The number of aromatic nitrogens is 2. The largest absolute Gasteiger partial charge is 0.481 e. The summed E-state index contributed by atoms with van der Waals surface area (Å²) in [6.45, 7) is 9.65. The molecule has 0 spiro atoms. The first-order chi connectivity index (χ1) is 6.24. The predicted octanol–water partition coefficient (Wildman–Crippen LogP) is 3.18. The fraction of sp³-hybridized carbons (Fsp3) is 0.455. The summed E-state index contributed by atoms with van der Waals surface area (Å²) in [6, 6.07) is 1.75. The van der Waals surface area contributed by atoms with Gasteiger partial charge in [0.05, 0.1) is 12.8 Å². The van der Waals surface area contributed by atoms with Crippen molar-refractivity contribution in [2.75, 3.05) is 7.11 Å². The van der Waals surface area contributed by atoms with Crippen LogP contribution in [0, 0.1) is 0 Å². The number of hydrogen-bond donors (Lipinski definition) is 0. The highest BCUT2D eigenvalue weighted by molar-refractivity contribution is 5.57. The molecule has 0 saturated carbocycles. The summed E-state index contributed by atoms with van der Waals surface area (Å²) < 4.78 is 4.91. The summed E-state index contributed by atoms with van der Waals surface area (Å²) in [5.41, 5.74) is 1.72. The summed E-state index contributed by atoms with van der Waals surface area (Å²) in [4.78, 5) is 7.86. The Kier molecular flexibility index (Phi) is 8.88. The summed E-state index contributed by atoms with van der Waals surface area (Å²) >= 11 is 0. The highest BCUT2D eigenvalue weighted by atomic mass is 16.5. The third kappa shape index (κ3) is 4.60. The van der Waals surface area contributed by atoms with Crippen molar-refractivity contribution in [3.05, 3.63) is 24.7 Å². The molecular weight excluding hydrogens is 176 g/mol. The van der Waals surface area contributed by atoms with Crippen LogP contribution in [0.2, 0.25) is 0 Å². The van der Waals surface area contributed by atoms with Gasteiger partial charge in [-0.05, 0) is 12.5 Å². The van der Waals surface area contributed by atoms with Gasteiger partial charge in [-0.3, -0.25) is 0 Å². The number of rotatable bonds is 2. The third-order valence-electron chi connectivity index (χ3n) is 1.29. The van der Waals surface area contributed by atoms with Crippen LogP contribution in [-0.2, 0) is 0 Å². The quantitative estimate of drug-likeness (QED) is 0.728. The number of hydrogen-bond acceptors (Lipinski definition) is 3. The molecule has 1 aromatic rings. The maximum Gasteiger partial charge on any atom is 0.216 e. The second kappa shape index (κ2) is 8.23. The summed E-state index contributed by atoms with van der Waals surface area (Å²) in [6.07, 6.45) is 1.46. The molecule has 1 heterocycles. The van der Waals surface area contributed by atoms with E-state index in [-0.39, 0.29) is 7.43 Å². The lowest BCUT2D eigenvalue weighted by atomic mass is 10.2. The van der Waals surface area contributed by atoms with Crippen LogP contribution in [0.1, 0.15) is 33.9 Å². The predicted molar refractivity (Wildman–Crippen MR) is 61.4 cm³/mol. The average Bonchev–Trinajstić information content (AvgIpc) is 2.21. The van der Waals surface area contributed by atoms with Crippen molar-refractivity contribution in [3.63, 3.8) is 0 Å². The molecule has 0 saturated heterocycles. The Morgan fingerprint density at radius 2 is 1.93 bits per heavy atom. The molecule has 0 radical (unpaired) electrons. The lowest BCUT2D eigenvalue weighted by molar-refractivity contribution is 0.396. The van der Waals surface area contributed by atoms with E-state index in [1.165, 1.54) is 6.33 Å². The molecule has 1 aromatic heterocycles. The van der Waals surface area contributed by atoms with Crippen LogP contribution in [0.3, 0.4) is 0 Å². The fourth-order valence-corrected chi connectivity index (χ4v) is 0.684. The second-order valence-electron chi connectivity index (χ2n) is 2.23. The first kappa shape index (κ1) is 15.1.